The fourth-order valence-corrected chi connectivity index (χ4v) is 3.94. The number of halogens is 2. The average molecular weight is 486 g/mol. The molecule has 1 aliphatic heterocycles. The molecule has 186 valence electrons. The molecule has 3 heterocycles. The van der Waals surface area contributed by atoms with Gasteiger partial charge in [-0.15, -0.1) is 0 Å². The minimum Gasteiger partial charge on any atom is -0.493 e. The number of aryl methyl sites for hydroxylation is 1. The first kappa shape index (κ1) is 24.5. The highest BCUT2D eigenvalue weighted by Crippen LogP contribution is 2.38. The van der Waals surface area contributed by atoms with Crippen LogP contribution in [0.5, 0.6) is 11.5 Å². The van der Waals surface area contributed by atoms with E-state index < -0.39 is 17.8 Å². The van der Waals surface area contributed by atoms with Gasteiger partial charge in [0.25, 0.3) is 0 Å². The second-order valence-electron chi connectivity index (χ2n) is 8.48. The minimum atomic E-state index is -0.813. The van der Waals surface area contributed by atoms with Crippen LogP contribution in [-0.4, -0.2) is 59.3 Å². The first-order valence-corrected chi connectivity index (χ1v) is 11.3. The van der Waals surface area contributed by atoms with Gasteiger partial charge >= 0.3 is 0 Å². The van der Waals surface area contributed by atoms with Crippen LogP contribution in [0, 0.1) is 11.6 Å². The Hall–Kier alpha value is -3.60. The van der Waals surface area contributed by atoms with Gasteiger partial charge in [0.05, 0.1) is 32.3 Å². The third-order valence-electron chi connectivity index (χ3n) is 5.68. The highest BCUT2D eigenvalue weighted by molar-refractivity contribution is 5.60. The normalized spacial score (nSPS) is 14.8. The van der Waals surface area contributed by atoms with E-state index in [-0.39, 0.29) is 29.8 Å². The Morgan fingerprint density at radius 3 is 2.49 bits per heavy atom. The summed E-state index contributed by atoms with van der Waals surface area (Å²) in [4.78, 5) is 15.5. The molecule has 35 heavy (non-hydrogen) atoms. The highest BCUT2D eigenvalue weighted by Gasteiger charge is 2.29. The van der Waals surface area contributed by atoms with Crippen molar-refractivity contribution in [3.63, 3.8) is 0 Å². The predicted molar refractivity (Wildman–Crippen MR) is 128 cm³/mol. The van der Waals surface area contributed by atoms with Gasteiger partial charge in [-0.3, -0.25) is 9.67 Å². The van der Waals surface area contributed by atoms with Crippen LogP contribution >= 0.6 is 0 Å². The second-order valence-corrected chi connectivity index (χ2v) is 8.48. The molecule has 1 aromatic carbocycles. The molecule has 1 atom stereocenters. The Labute approximate surface area is 202 Å². The lowest BCUT2D eigenvalue weighted by atomic mass is 10.1. The maximum atomic E-state index is 15.5. The molecule has 0 bridgehead atoms. The van der Waals surface area contributed by atoms with E-state index in [0.29, 0.717) is 29.5 Å². The Morgan fingerprint density at radius 2 is 1.89 bits per heavy atom. The van der Waals surface area contributed by atoms with Gasteiger partial charge in [-0.25, -0.2) is 18.8 Å². The van der Waals surface area contributed by atoms with Crippen molar-refractivity contribution < 1.29 is 18.3 Å². The SMILES string of the molecule is COc1cc(OC)c(F)c(N(CCNC(C)C)C2CC=c3ncc(-c4cnn(C)c4)nc3=N2)c1F. The van der Waals surface area contributed by atoms with Gasteiger partial charge in [0.2, 0.25) is 0 Å². The molecule has 2 aromatic heterocycles. The smallest absolute Gasteiger partial charge is 0.191 e. The van der Waals surface area contributed by atoms with E-state index in [0.717, 1.165) is 5.56 Å². The largest absolute Gasteiger partial charge is 0.493 e. The minimum absolute atomic E-state index is 0.112. The van der Waals surface area contributed by atoms with Crippen LogP contribution in [0.1, 0.15) is 20.3 Å². The summed E-state index contributed by atoms with van der Waals surface area (Å²) in [5, 5.41) is 8.09. The van der Waals surface area contributed by atoms with Crippen molar-refractivity contribution in [2.75, 3.05) is 32.2 Å². The summed E-state index contributed by atoms with van der Waals surface area (Å²) >= 11 is 0. The van der Waals surface area contributed by atoms with Gasteiger partial charge in [-0.05, 0) is 0 Å². The zero-order valence-electron chi connectivity index (χ0n) is 20.4. The molecule has 11 heteroatoms. The molecule has 0 aliphatic carbocycles. The summed E-state index contributed by atoms with van der Waals surface area (Å²) in [6, 6.07) is 1.40. The molecule has 0 saturated carbocycles. The van der Waals surface area contributed by atoms with E-state index in [4.69, 9.17) is 14.5 Å². The number of nitrogens with one attached hydrogen (secondary N) is 1. The number of ether oxygens (including phenoxy) is 2. The molecule has 0 spiro atoms. The topological polar surface area (TPSA) is 89.7 Å². The zero-order chi connectivity index (χ0) is 25.1. The number of hydrogen-bond donors (Lipinski definition) is 1. The van der Waals surface area contributed by atoms with Crippen LogP contribution in [0.4, 0.5) is 14.5 Å². The molecule has 0 fully saturated rings. The number of fused-ring (bicyclic) bond motifs is 1. The number of benzene rings is 1. The Morgan fingerprint density at radius 1 is 1.17 bits per heavy atom. The Bertz CT molecular complexity index is 1300. The lowest BCUT2D eigenvalue weighted by molar-refractivity contribution is 0.356. The fraction of sp³-hybridized carbons (Fsp3) is 0.417. The van der Waals surface area contributed by atoms with E-state index in [2.05, 4.69) is 20.4 Å². The molecule has 1 unspecified atom stereocenters. The molecule has 0 saturated heterocycles. The van der Waals surface area contributed by atoms with Crippen LogP contribution in [0.2, 0.25) is 0 Å². The van der Waals surface area contributed by atoms with Crippen molar-refractivity contribution in [1.82, 2.24) is 25.1 Å². The number of hydrogen-bond acceptors (Lipinski definition) is 8. The van der Waals surface area contributed by atoms with Gasteiger partial charge in [-0.2, -0.15) is 5.10 Å². The zero-order valence-corrected chi connectivity index (χ0v) is 20.4. The van der Waals surface area contributed by atoms with Crippen molar-refractivity contribution in [2.45, 2.75) is 32.5 Å². The summed E-state index contributed by atoms with van der Waals surface area (Å²) in [6.07, 6.45) is 6.85. The van der Waals surface area contributed by atoms with Crippen LogP contribution in [0.15, 0.2) is 29.6 Å². The van der Waals surface area contributed by atoms with Gasteiger partial charge in [0.15, 0.2) is 28.6 Å². The van der Waals surface area contributed by atoms with Crippen LogP contribution in [0.3, 0.4) is 0 Å². The lowest BCUT2D eigenvalue weighted by Crippen LogP contribution is -2.46. The number of methoxy groups -OCH3 is 2. The Kier molecular flexibility index (Phi) is 7.25. The first-order chi connectivity index (χ1) is 16.8. The average Bonchev–Trinajstić information content (AvgIpc) is 3.28. The molecular weight excluding hydrogens is 456 g/mol. The van der Waals surface area contributed by atoms with Gasteiger partial charge in [-0.1, -0.05) is 19.9 Å². The first-order valence-electron chi connectivity index (χ1n) is 11.3. The van der Waals surface area contributed by atoms with E-state index in [1.54, 1.807) is 22.0 Å². The summed E-state index contributed by atoms with van der Waals surface area (Å²) in [7, 11) is 4.47. The quantitative estimate of drug-likeness (QED) is 0.495. The molecule has 9 nitrogen and oxygen atoms in total. The van der Waals surface area contributed by atoms with Crippen molar-refractivity contribution in [3.05, 3.63) is 47.1 Å². The van der Waals surface area contributed by atoms with E-state index in [1.165, 1.54) is 20.3 Å². The fourth-order valence-electron chi connectivity index (χ4n) is 3.94. The molecular formula is C24H29F2N7O2. The summed E-state index contributed by atoms with van der Waals surface area (Å²) in [5.41, 5.74) is 1.56. The standard InChI is InChI=1S/C24H29F2N7O2/c1-14(2)27-8-9-33(23-21(25)18(34-4)10-19(35-5)22(23)26)20-7-6-16-24(31-20)30-17(12-28-16)15-11-29-32(3)13-15/h6,10-14,20,27H,7-9H2,1-5H3. The van der Waals surface area contributed by atoms with E-state index in [1.807, 2.05) is 33.2 Å². The lowest BCUT2D eigenvalue weighted by Gasteiger charge is -2.33. The molecule has 0 amide bonds. The van der Waals surface area contributed by atoms with Gasteiger partial charge in [0, 0.05) is 50.4 Å². The predicted octanol–water partition coefficient (Wildman–Crippen LogP) is 1.81. The van der Waals surface area contributed by atoms with Crippen LogP contribution in [0.25, 0.3) is 17.3 Å². The number of rotatable bonds is 9. The third-order valence-corrected chi connectivity index (χ3v) is 5.68. The van der Waals surface area contributed by atoms with Crippen molar-refractivity contribution >= 4 is 11.8 Å². The highest BCUT2D eigenvalue weighted by atomic mass is 19.1. The number of aromatic nitrogens is 4. The maximum absolute atomic E-state index is 15.5. The van der Waals surface area contributed by atoms with Crippen LogP contribution < -0.4 is 30.5 Å². The number of nitrogens with zero attached hydrogens (tertiary/aromatic N) is 6. The van der Waals surface area contributed by atoms with E-state index in [9.17, 15) is 0 Å². The Balaban J connectivity index is 1.80. The summed E-state index contributed by atoms with van der Waals surface area (Å²) in [6.45, 7) is 4.78. The molecule has 4 rings (SSSR count). The number of anilines is 1. The second kappa shape index (κ2) is 10.3. The molecule has 1 N–H and O–H groups in total. The van der Waals surface area contributed by atoms with Crippen molar-refractivity contribution in [2.24, 2.45) is 12.0 Å². The molecule has 3 aromatic rings. The van der Waals surface area contributed by atoms with Crippen molar-refractivity contribution in [3.8, 4) is 22.8 Å². The summed E-state index contributed by atoms with van der Waals surface area (Å²) in [5.74, 6) is -1.85. The van der Waals surface area contributed by atoms with Crippen molar-refractivity contribution in [1.29, 1.82) is 0 Å². The third kappa shape index (κ3) is 5.09. The van der Waals surface area contributed by atoms with Crippen LogP contribution in [-0.2, 0) is 7.05 Å². The monoisotopic (exact) mass is 485 g/mol. The molecule has 0 radical (unpaired) electrons. The summed E-state index contributed by atoms with van der Waals surface area (Å²) < 4.78 is 42.9. The maximum Gasteiger partial charge on any atom is 0.191 e. The molecule has 1 aliphatic rings. The van der Waals surface area contributed by atoms with Gasteiger partial charge < -0.3 is 19.7 Å². The van der Waals surface area contributed by atoms with Gasteiger partial charge in [0.1, 0.15) is 17.2 Å². The van der Waals surface area contributed by atoms with E-state index >= 15 is 8.78 Å².